The lowest BCUT2D eigenvalue weighted by molar-refractivity contribution is 0.565. The second-order valence-electron chi connectivity index (χ2n) is 5.74. The normalized spacial score (nSPS) is 11.8. The van der Waals surface area contributed by atoms with Crippen molar-refractivity contribution in [1.82, 2.24) is 14.5 Å². The fourth-order valence-electron chi connectivity index (χ4n) is 2.00. The minimum absolute atomic E-state index is 0.00683. The minimum Gasteiger partial charge on any atom is -0.326 e. The molecule has 4 nitrogen and oxygen atoms in total. The van der Waals surface area contributed by atoms with Gasteiger partial charge in [0, 0.05) is 36.5 Å². The van der Waals surface area contributed by atoms with E-state index in [0.717, 1.165) is 29.3 Å². The van der Waals surface area contributed by atoms with Crippen LogP contribution in [0.2, 0.25) is 0 Å². The average Bonchev–Trinajstić information content (AvgIpc) is 2.85. The highest BCUT2D eigenvalue weighted by atomic mass is 15.1. The van der Waals surface area contributed by atoms with Crippen LogP contribution in [0.3, 0.4) is 0 Å². The first-order valence-electron chi connectivity index (χ1n) is 6.69. The molecular formula is C15H22N4. The maximum Gasteiger partial charge on any atom is 0.138 e. The highest BCUT2D eigenvalue weighted by Crippen LogP contribution is 2.23. The van der Waals surface area contributed by atoms with Crippen LogP contribution in [0.5, 0.6) is 0 Å². The molecule has 0 atom stereocenters. The molecule has 2 heterocycles. The van der Waals surface area contributed by atoms with E-state index in [1.807, 2.05) is 23.0 Å². The highest BCUT2D eigenvalue weighted by Gasteiger charge is 2.18. The Morgan fingerprint density at radius 1 is 1.26 bits per heavy atom. The Kier molecular flexibility index (Phi) is 3.71. The molecule has 0 aliphatic heterocycles. The van der Waals surface area contributed by atoms with Gasteiger partial charge in [0.2, 0.25) is 0 Å². The molecule has 0 aromatic carbocycles. The summed E-state index contributed by atoms with van der Waals surface area (Å²) >= 11 is 0. The zero-order valence-electron chi connectivity index (χ0n) is 12.1. The van der Waals surface area contributed by atoms with Crippen molar-refractivity contribution in [3.8, 4) is 5.82 Å². The number of hydrogen-bond donors (Lipinski definition) is 1. The lowest BCUT2D eigenvalue weighted by Gasteiger charge is -2.20. The Balaban J connectivity index is 2.57. The zero-order valence-corrected chi connectivity index (χ0v) is 12.1. The minimum atomic E-state index is 0.00683. The first-order chi connectivity index (χ1) is 8.95. The molecule has 0 radical (unpaired) electrons. The second-order valence-corrected chi connectivity index (χ2v) is 5.74. The van der Waals surface area contributed by atoms with Crippen LogP contribution < -0.4 is 5.73 Å². The lowest BCUT2D eigenvalue weighted by atomic mass is 9.91. The van der Waals surface area contributed by atoms with Gasteiger partial charge in [0.1, 0.15) is 11.6 Å². The quantitative estimate of drug-likeness (QED) is 0.920. The third-order valence-corrected chi connectivity index (χ3v) is 3.16. The van der Waals surface area contributed by atoms with Crippen LogP contribution in [0.15, 0.2) is 24.5 Å². The molecule has 0 saturated heterocycles. The summed E-state index contributed by atoms with van der Waals surface area (Å²) < 4.78 is 2.04. The van der Waals surface area contributed by atoms with Crippen molar-refractivity contribution in [2.24, 2.45) is 5.73 Å². The zero-order chi connectivity index (χ0) is 14.0. The third kappa shape index (κ3) is 2.84. The van der Waals surface area contributed by atoms with E-state index >= 15 is 0 Å². The van der Waals surface area contributed by atoms with Crippen LogP contribution >= 0.6 is 0 Å². The molecule has 0 aliphatic rings. The maximum atomic E-state index is 5.80. The van der Waals surface area contributed by atoms with Crippen LogP contribution in [0.4, 0.5) is 0 Å². The highest BCUT2D eigenvalue weighted by molar-refractivity contribution is 5.34. The maximum absolute atomic E-state index is 5.80. The molecule has 0 fully saturated rings. The fourth-order valence-corrected chi connectivity index (χ4v) is 2.00. The predicted octanol–water partition coefficient (Wildman–Crippen LogP) is 2.59. The van der Waals surface area contributed by atoms with Crippen molar-refractivity contribution >= 4 is 0 Å². The molecule has 2 rings (SSSR count). The lowest BCUT2D eigenvalue weighted by Crippen LogP contribution is -2.17. The number of pyridine rings is 1. The monoisotopic (exact) mass is 258 g/mol. The molecule has 19 heavy (non-hydrogen) atoms. The van der Waals surface area contributed by atoms with Gasteiger partial charge in [-0.05, 0) is 17.7 Å². The van der Waals surface area contributed by atoms with Gasteiger partial charge in [0.25, 0.3) is 0 Å². The fraction of sp³-hybridized carbons (Fsp3) is 0.467. The van der Waals surface area contributed by atoms with Gasteiger partial charge in [-0.25, -0.2) is 9.97 Å². The first-order valence-corrected chi connectivity index (χ1v) is 6.69. The molecule has 0 amide bonds. The molecule has 0 bridgehead atoms. The van der Waals surface area contributed by atoms with Crippen LogP contribution in [0, 0.1) is 0 Å². The average molecular weight is 258 g/mol. The number of nitrogens with two attached hydrogens (primary N) is 1. The molecule has 0 aliphatic carbocycles. The summed E-state index contributed by atoms with van der Waals surface area (Å²) in [4.78, 5) is 9.12. The number of rotatable bonds is 3. The van der Waals surface area contributed by atoms with E-state index in [2.05, 4.69) is 38.7 Å². The summed E-state index contributed by atoms with van der Waals surface area (Å²) in [6.45, 7) is 9.10. The van der Waals surface area contributed by atoms with Crippen LogP contribution in [-0.4, -0.2) is 14.5 Å². The Hall–Kier alpha value is -1.68. The van der Waals surface area contributed by atoms with E-state index in [1.54, 1.807) is 0 Å². The van der Waals surface area contributed by atoms with E-state index in [0.29, 0.717) is 6.54 Å². The number of imidazole rings is 1. The summed E-state index contributed by atoms with van der Waals surface area (Å²) in [5.74, 6) is 1.92. The van der Waals surface area contributed by atoms with Crippen LogP contribution in [0.1, 0.15) is 44.8 Å². The van der Waals surface area contributed by atoms with Gasteiger partial charge in [0.15, 0.2) is 0 Å². The van der Waals surface area contributed by atoms with Crippen LogP contribution in [0.25, 0.3) is 5.82 Å². The first kappa shape index (κ1) is 13.7. The molecule has 102 valence electrons. The van der Waals surface area contributed by atoms with Gasteiger partial charge in [-0.1, -0.05) is 27.7 Å². The number of aromatic nitrogens is 3. The third-order valence-electron chi connectivity index (χ3n) is 3.16. The molecule has 2 aromatic rings. The largest absolute Gasteiger partial charge is 0.326 e. The second kappa shape index (κ2) is 5.13. The summed E-state index contributed by atoms with van der Waals surface area (Å²) in [6.07, 6.45) is 4.65. The van der Waals surface area contributed by atoms with Gasteiger partial charge in [-0.2, -0.15) is 0 Å². The van der Waals surface area contributed by atoms with E-state index in [4.69, 9.17) is 10.7 Å². The standard InChI is InChI=1S/C15H22N4/c1-5-13-17-6-7-19(13)14-9-11(10-16)8-12(18-14)15(2,3)4/h6-9H,5,10,16H2,1-4H3. The van der Waals surface area contributed by atoms with E-state index in [1.165, 1.54) is 0 Å². The van der Waals surface area contributed by atoms with Crippen molar-refractivity contribution in [1.29, 1.82) is 0 Å². The van der Waals surface area contributed by atoms with Gasteiger partial charge < -0.3 is 5.73 Å². The summed E-state index contributed by atoms with van der Waals surface area (Å²) in [7, 11) is 0. The number of nitrogens with zero attached hydrogens (tertiary/aromatic N) is 3. The Bertz CT molecular complexity index is 564. The van der Waals surface area contributed by atoms with Gasteiger partial charge >= 0.3 is 0 Å². The molecule has 2 N–H and O–H groups in total. The van der Waals surface area contributed by atoms with E-state index < -0.39 is 0 Å². The van der Waals surface area contributed by atoms with Gasteiger partial charge in [-0.3, -0.25) is 4.57 Å². The summed E-state index contributed by atoms with van der Waals surface area (Å²) in [6, 6.07) is 4.13. The SMILES string of the molecule is CCc1nccn1-c1cc(CN)cc(C(C)(C)C)n1. The van der Waals surface area contributed by atoms with Gasteiger partial charge in [0.05, 0.1) is 0 Å². The van der Waals surface area contributed by atoms with E-state index in [9.17, 15) is 0 Å². The van der Waals surface area contributed by atoms with Crippen molar-refractivity contribution in [3.05, 3.63) is 41.6 Å². The number of hydrogen-bond acceptors (Lipinski definition) is 3. The topological polar surface area (TPSA) is 56.7 Å². The van der Waals surface area contributed by atoms with Crippen molar-refractivity contribution < 1.29 is 0 Å². The summed E-state index contributed by atoms with van der Waals surface area (Å²) in [5, 5.41) is 0. The molecule has 0 saturated carbocycles. The number of aryl methyl sites for hydroxylation is 1. The van der Waals surface area contributed by atoms with Crippen molar-refractivity contribution in [2.75, 3.05) is 0 Å². The van der Waals surface area contributed by atoms with Crippen molar-refractivity contribution in [3.63, 3.8) is 0 Å². The van der Waals surface area contributed by atoms with Crippen molar-refractivity contribution in [2.45, 2.75) is 46.1 Å². The Morgan fingerprint density at radius 3 is 2.58 bits per heavy atom. The Labute approximate surface area is 114 Å². The van der Waals surface area contributed by atoms with Gasteiger partial charge in [-0.15, -0.1) is 0 Å². The van der Waals surface area contributed by atoms with E-state index in [-0.39, 0.29) is 5.41 Å². The molecule has 2 aromatic heterocycles. The molecule has 4 heteroatoms. The Morgan fingerprint density at radius 2 is 2.00 bits per heavy atom. The van der Waals surface area contributed by atoms with Crippen LogP contribution in [-0.2, 0) is 18.4 Å². The predicted molar refractivity (Wildman–Crippen MR) is 77.3 cm³/mol. The smallest absolute Gasteiger partial charge is 0.138 e. The molecule has 0 spiro atoms. The summed E-state index contributed by atoms with van der Waals surface area (Å²) in [5.41, 5.74) is 7.97. The molecule has 0 unspecified atom stereocenters. The molecular weight excluding hydrogens is 236 g/mol.